The maximum Gasteiger partial charge on any atom is 0.271 e. The normalized spacial score (nSPS) is 10.3. The molecule has 18 heavy (non-hydrogen) atoms. The Morgan fingerprint density at radius 3 is 2.89 bits per heavy atom. The van der Waals surface area contributed by atoms with Crippen molar-refractivity contribution in [3.8, 4) is 0 Å². The van der Waals surface area contributed by atoms with Gasteiger partial charge in [-0.2, -0.15) is 0 Å². The molecule has 0 spiro atoms. The molecule has 0 aliphatic rings. The number of aromatic nitrogens is 1. The van der Waals surface area contributed by atoms with Crippen molar-refractivity contribution in [1.82, 2.24) is 10.3 Å². The molecule has 0 radical (unpaired) electrons. The number of hydrogen-bond acceptors (Lipinski definition) is 4. The van der Waals surface area contributed by atoms with Crippen molar-refractivity contribution in [1.29, 1.82) is 0 Å². The molecule has 0 saturated carbocycles. The second kappa shape index (κ2) is 6.08. The number of carbonyl (C=O) groups is 1. The van der Waals surface area contributed by atoms with Crippen LogP contribution in [0.15, 0.2) is 34.1 Å². The van der Waals surface area contributed by atoms with Gasteiger partial charge in [-0.25, -0.2) is 4.98 Å². The highest BCUT2D eigenvalue weighted by atomic mass is 79.9. The first-order chi connectivity index (χ1) is 8.70. The predicted octanol–water partition coefficient (Wildman–Crippen LogP) is 2.29. The Morgan fingerprint density at radius 1 is 1.44 bits per heavy atom. The smallest absolute Gasteiger partial charge is 0.271 e. The van der Waals surface area contributed by atoms with Crippen molar-refractivity contribution >= 4 is 33.2 Å². The molecular formula is C12H12BrN3OS. The summed E-state index contributed by atoms with van der Waals surface area (Å²) < 4.78 is 0.978. The van der Waals surface area contributed by atoms with Gasteiger partial charge in [0.05, 0.1) is 0 Å². The van der Waals surface area contributed by atoms with E-state index >= 15 is 0 Å². The monoisotopic (exact) mass is 325 g/mol. The molecular weight excluding hydrogens is 314 g/mol. The summed E-state index contributed by atoms with van der Waals surface area (Å²) >= 11 is 4.83. The van der Waals surface area contributed by atoms with Gasteiger partial charge in [0.1, 0.15) is 10.7 Å². The van der Waals surface area contributed by atoms with Gasteiger partial charge in [-0.15, -0.1) is 11.3 Å². The molecule has 1 aromatic carbocycles. The van der Waals surface area contributed by atoms with Crippen molar-refractivity contribution in [2.75, 3.05) is 0 Å². The summed E-state index contributed by atoms with van der Waals surface area (Å²) in [7, 11) is 0. The Bertz CT molecular complexity index is 556. The SMILES string of the molecule is NCc1nc(C(=O)NCc2ccccc2Br)cs1. The van der Waals surface area contributed by atoms with E-state index in [9.17, 15) is 4.79 Å². The molecule has 2 rings (SSSR count). The predicted molar refractivity (Wildman–Crippen MR) is 75.3 cm³/mol. The summed E-state index contributed by atoms with van der Waals surface area (Å²) in [6.07, 6.45) is 0. The van der Waals surface area contributed by atoms with Crippen LogP contribution in [0.2, 0.25) is 0 Å². The van der Waals surface area contributed by atoms with Crippen molar-refractivity contribution in [2.24, 2.45) is 5.73 Å². The summed E-state index contributed by atoms with van der Waals surface area (Å²) in [5, 5.41) is 5.31. The number of nitrogens with two attached hydrogens (primary N) is 1. The maximum atomic E-state index is 11.8. The first-order valence-corrected chi connectivity index (χ1v) is 7.04. The summed E-state index contributed by atoms with van der Waals surface area (Å²) in [5.74, 6) is -0.179. The number of nitrogens with one attached hydrogen (secondary N) is 1. The lowest BCUT2D eigenvalue weighted by Crippen LogP contribution is -2.23. The number of carbonyl (C=O) groups excluding carboxylic acids is 1. The fourth-order valence-corrected chi connectivity index (χ4v) is 2.50. The molecule has 0 bridgehead atoms. The molecule has 1 amide bonds. The van der Waals surface area contributed by atoms with Crippen LogP contribution in [-0.4, -0.2) is 10.9 Å². The average Bonchev–Trinajstić information content (AvgIpc) is 2.86. The van der Waals surface area contributed by atoms with E-state index in [0.717, 1.165) is 15.0 Å². The Kier molecular flexibility index (Phi) is 4.46. The van der Waals surface area contributed by atoms with Crippen LogP contribution in [0.3, 0.4) is 0 Å². The second-order valence-electron chi connectivity index (χ2n) is 3.60. The summed E-state index contributed by atoms with van der Waals surface area (Å²) in [6, 6.07) is 7.76. The number of amides is 1. The van der Waals surface area contributed by atoms with Crippen molar-refractivity contribution in [3.63, 3.8) is 0 Å². The fourth-order valence-electron chi connectivity index (χ4n) is 1.42. The lowest BCUT2D eigenvalue weighted by Gasteiger charge is -2.05. The van der Waals surface area contributed by atoms with Crippen LogP contribution < -0.4 is 11.1 Å². The number of rotatable bonds is 4. The van der Waals surface area contributed by atoms with Crippen LogP contribution in [0.25, 0.3) is 0 Å². The molecule has 6 heteroatoms. The number of halogens is 1. The first-order valence-electron chi connectivity index (χ1n) is 5.37. The number of thiazole rings is 1. The van der Waals surface area contributed by atoms with E-state index in [2.05, 4.69) is 26.2 Å². The van der Waals surface area contributed by atoms with Crippen LogP contribution in [-0.2, 0) is 13.1 Å². The Labute approximate surface area is 117 Å². The fraction of sp³-hybridized carbons (Fsp3) is 0.167. The minimum Gasteiger partial charge on any atom is -0.347 e. The van der Waals surface area contributed by atoms with Crippen molar-refractivity contribution < 1.29 is 4.79 Å². The van der Waals surface area contributed by atoms with Gasteiger partial charge in [-0.05, 0) is 11.6 Å². The van der Waals surface area contributed by atoms with E-state index < -0.39 is 0 Å². The van der Waals surface area contributed by atoms with E-state index in [-0.39, 0.29) is 5.91 Å². The van der Waals surface area contributed by atoms with Crippen LogP contribution in [0.5, 0.6) is 0 Å². The van der Waals surface area contributed by atoms with Crippen LogP contribution >= 0.6 is 27.3 Å². The zero-order valence-electron chi connectivity index (χ0n) is 9.52. The molecule has 3 N–H and O–H groups in total. The van der Waals surface area contributed by atoms with E-state index in [0.29, 0.717) is 18.8 Å². The molecule has 1 heterocycles. The zero-order chi connectivity index (χ0) is 13.0. The van der Waals surface area contributed by atoms with Gasteiger partial charge in [0.15, 0.2) is 0 Å². The third kappa shape index (κ3) is 3.16. The molecule has 0 unspecified atom stereocenters. The van der Waals surface area contributed by atoms with Gasteiger partial charge in [0.2, 0.25) is 0 Å². The Balaban J connectivity index is 1.98. The molecule has 0 fully saturated rings. The van der Waals surface area contributed by atoms with E-state index in [1.165, 1.54) is 11.3 Å². The molecule has 94 valence electrons. The van der Waals surface area contributed by atoms with Gasteiger partial charge < -0.3 is 11.1 Å². The molecule has 0 saturated heterocycles. The molecule has 0 aliphatic heterocycles. The van der Waals surface area contributed by atoms with Gasteiger partial charge in [-0.1, -0.05) is 34.1 Å². The summed E-state index contributed by atoms with van der Waals surface area (Å²) in [5.41, 5.74) is 6.91. The van der Waals surface area contributed by atoms with Crippen molar-refractivity contribution in [3.05, 3.63) is 50.4 Å². The number of benzene rings is 1. The van der Waals surface area contributed by atoms with Gasteiger partial charge >= 0.3 is 0 Å². The number of hydrogen-bond donors (Lipinski definition) is 2. The summed E-state index contributed by atoms with van der Waals surface area (Å²) in [6.45, 7) is 0.831. The zero-order valence-corrected chi connectivity index (χ0v) is 11.9. The number of nitrogens with zero attached hydrogens (tertiary/aromatic N) is 1. The minimum absolute atomic E-state index is 0.179. The van der Waals surface area contributed by atoms with Crippen molar-refractivity contribution in [2.45, 2.75) is 13.1 Å². The molecule has 2 aromatic rings. The average molecular weight is 326 g/mol. The third-order valence-electron chi connectivity index (χ3n) is 2.36. The minimum atomic E-state index is -0.179. The van der Waals surface area contributed by atoms with Crippen LogP contribution in [0.4, 0.5) is 0 Å². The van der Waals surface area contributed by atoms with Gasteiger partial charge in [0, 0.05) is 22.9 Å². The lowest BCUT2D eigenvalue weighted by molar-refractivity contribution is 0.0946. The Hall–Kier alpha value is -1.24. The second-order valence-corrected chi connectivity index (χ2v) is 5.40. The van der Waals surface area contributed by atoms with Crippen LogP contribution in [0, 0.1) is 0 Å². The molecule has 0 atom stereocenters. The topological polar surface area (TPSA) is 68.0 Å². The largest absolute Gasteiger partial charge is 0.347 e. The molecule has 0 aliphatic carbocycles. The highest BCUT2D eigenvalue weighted by Crippen LogP contribution is 2.15. The quantitative estimate of drug-likeness (QED) is 0.906. The lowest BCUT2D eigenvalue weighted by atomic mass is 10.2. The highest BCUT2D eigenvalue weighted by Gasteiger charge is 2.10. The molecule has 4 nitrogen and oxygen atoms in total. The van der Waals surface area contributed by atoms with Crippen LogP contribution in [0.1, 0.15) is 21.1 Å². The van der Waals surface area contributed by atoms with E-state index in [1.807, 2.05) is 24.3 Å². The Morgan fingerprint density at radius 2 is 2.22 bits per heavy atom. The van der Waals surface area contributed by atoms with Gasteiger partial charge in [-0.3, -0.25) is 4.79 Å². The van der Waals surface area contributed by atoms with E-state index in [1.54, 1.807) is 5.38 Å². The van der Waals surface area contributed by atoms with Gasteiger partial charge in [0.25, 0.3) is 5.91 Å². The summed E-state index contributed by atoms with van der Waals surface area (Å²) in [4.78, 5) is 16.0. The first kappa shape index (κ1) is 13.2. The van der Waals surface area contributed by atoms with E-state index in [4.69, 9.17) is 5.73 Å². The standard InChI is InChI=1S/C12H12BrN3OS/c13-9-4-2-1-3-8(9)6-15-12(17)10-7-18-11(5-14)16-10/h1-4,7H,5-6,14H2,(H,15,17). The third-order valence-corrected chi connectivity index (χ3v) is 4.00. The maximum absolute atomic E-state index is 11.8. The highest BCUT2D eigenvalue weighted by molar-refractivity contribution is 9.10. The molecule has 1 aromatic heterocycles.